The standard InChI is InChI=1S/C16H21ClO5/c1-2-3-4-5-10-21-15(18)11-20-12-16(19)22-14-8-6-13(17)7-9-14/h6-9H,2-5,10-12H2,1H3. The van der Waals surface area contributed by atoms with Crippen molar-refractivity contribution in [3.8, 4) is 5.75 Å². The molecule has 0 aliphatic carbocycles. The minimum atomic E-state index is -0.585. The average Bonchev–Trinajstić information content (AvgIpc) is 2.49. The summed E-state index contributed by atoms with van der Waals surface area (Å²) in [4.78, 5) is 22.8. The van der Waals surface area contributed by atoms with Crippen LogP contribution < -0.4 is 4.74 Å². The Bertz CT molecular complexity index is 458. The van der Waals surface area contributed by atoms with E-state index in [-0.39, 0.29) is 13.2 Å². The fraction of sp³-hybridized carbons (Fsp3) is 0.500. The lowest BCUT2D eigenvalue weighted by molar-refractivity contribution is -0.152. The zero-order valence-electron chi connectivity index (χ0n) is 12.7. The van der Waals surface area contributed by atoms with E-state index in [0.717, 1.165) is 25.7 Å². The summed E-state index contributed by atoms with van der Waals surface area (Å²) in [6.45, 7) is 1.93. The highest BCUT2D eigenvalue weighted by atomic mass is 35.5. The largest absolute Gasteiger partial charge is 0.464 e. The Hall–Kier alpha value is -1.59. The Morgan fingerprint density at radius 2 is 1.68 bits per heavy atom. The minimum Gasteiger partial charge on any atom is -0.464 e. The molecule has 22 heavy (non-hydrogen) atoms. The predicted octanol–water partition coefficient (Wildman–Crippen LogP) is 3.39. The molecule has 1 rings (SSSR count). The summed E-state index contributed by atoms with van der Waals surface area (Å²) in [6, 6.07) is 6.37. The molecule has 0 radical (unpaired) electrons. The van der Waals surface area contributed by atoms with Crippen molar-refractivity contribution < 1.29 is 23.8 Å². The third-order valence-electron chi connectivity index (χ3n) is 2.75. The van der Waals surface area contributed by atoms with E-state index in [2.05, 4.69) is 6.92 Å². The van der Waals surface area contributed by atoms with Crippen LogP contribution in [0.4, 0.5) is 0 Å². The topological polar surface area (TPSA) is 61.8 Å². The Kier molecular flexibility index (Phi) is 9.26. The SMILES string of the molecule is CCCCCCOC(=O)COCC(=O)Oc1ccc(Cl)cc1. The highest BCUT2D eigenvalue weighted by Crippen LogP contribution is 2.15. The summed E-state index contributed by atoms with van der Waals surface area (Å²) in [6.07, 6.45) is 4.15. The van der Waals surface area contributed by atoms with Crippen LogP contribution in [0.3, 0.4) is 0 Å². The van der Waals surface area contributed by atoms with E-state index < -0.39 is 11.9 Å². The van der Waals surface area contributed by atoms with Gasteiger partial charge in [-0.05, 0) is 30.7 Å². The first-order valence-corrected chi connectivity index (χ1v) is 7.69. The number of ether oxygens (including phenoxy) is 3. The minimum absolute atomic E-state index is 0.260. The highest BCUT2D eigenvalue weighted by Gasteiger charge is 2.08. The smallest absolute Gasteiger partial charge is 0.337 e. The van der Waals surface area contributed by atoms with Gasteiger partial charge in [-0.25, -0.2) is 9.59 Å². The van der Waals surface area contributed by atoms with E-state index >= 15 is 0 Å². The van der Waals surface area contributed by atoms with Gasteiger partial charge in [0.2, 0.25) is 0 Å². The molecular formula is C16H21ClO5. The van der Waals surface area contributed by atoms with E-state index in [1.807, 2.05) is 0 Å². The monoisotopic (exact) mass is 328 g/mol. The van der Waals surface area contributed by atoms with Crippen molar-refractivity contribution in [2.75, 3.05) is 19.8 Å². The van der Waals surface area contributed by atoms with Crippen LogP contribution in [0.15, 0.2) is 24.3 Å². The number of carbonyl (C=O) groups excluding carboxylic acids is 2. The number of unbranched alkanes of at least 4 members (excludes halogenated alkanes) is 3. The summed E-state index contributed by atoms with van der Waals surface area (Å²) in [5, 5.41) is 0.553. The molecule has 0 N–H and O–H groups in total. The maximum Gasteiger partial charge on any atom is 0.337 e. The van der Waals surface area contributed by atoms with Gasteiger partial charge in [-0.3, -0.25) is 0 Å². The van der Waals surface area contributed by atoms with Crippen LogP contribution in [0.25, 0.3) is 0 Å². The van der Waals surface area contributed by atoms with Crippen LogP contribution in [-0.2, 0) is 19.1 Å². The molecule has 0 fully saturated rings. The van der Waals surface area contributed by atoms with Crippen molar-refractivity contribution in [3.63, 3.8) is 0 Å². The number of hydrogen-bond donors (Lipinski definition) is 0. The normalized spacial score (nSPS) is 10.3. The summed E-state index contributed by atoms with van der Waals surface area (Å²) in [5.74, 6) is -0.689. The summed E-state index contributed by atoms with van der Waals surface area (Å²) < 4.78 is 14.9. The molecule has 0 saturated heterocycles. The average molecular weight is 329 g/mol. The van der Waals surface area contributed by atoms with Crippen molar-refractivity contribution >= 4 is 23.5 Å². The first-order valence-electron chi connectivity index (χ1n) is 7.31. The second-order valence-electron chi connectivity index (χ2n) is 4.70. The van der Waals surface area contributed by atoms with Gasteiger partial charge in [0.1, 0.15) is 19.0 Å². The maximum atomic E-state index is 11.5. The van der Waals surface area contributed by atoms with Gasteiger partial charge in [0, 0.05) is 5.02 Å². The third-order valence-corrected chi connectivity index (χ3v) is 3.00. The maximum absolute atomic E-state index is 11.5. The van der Waals surface area contributed by atoms with Crippen molar-refractivity contribution in [1.82, 2.24) is 0 Å². The molecule has 122 valence electrons. The Morgan fingerprint density at radius 3 is 2.36 bits per heavy atom. The molecule has 5 nitrogen and oxygen atoms in total. The number of benzene rings is 1. The molecule has 0 atom stereocenters. The van der Waals surface area contributed by atoms with Crippen molar-refractivity contribution in [3.05, 3.63) is 29.3 Å². The van der Waals surface area contributed by atoms with Gasteiger partial charge >= 0.3 is 11.9 Å². The first kappa shape index (κ1) is 18.5. The fourth-order valence-corrected chi connectivity index (χ4v) is 1.76. The molecule has 1 aromatic carbocycles. The second kappa shape index (κ2) is 11.0. The Balaban J connectivity index is 2.09. The molecule has 0 unspecified atom stereocenters. The number of hydrogen-bond acceptors (Lipinski definition) is 5. The Morgan fingerprint density at radius 1 is 1.00 bits per heavy atom. The quantitative estimate of drug-likeness (QED) is 0.374. The molecule has 0 bridgehead atoms. The molecule has 0 aliphatic rings. The molecule has 0 amide bonds. The molecular weight excluding hydrogens is 308 g/mol. The number of carbonyl (C=O) groups is 2. The summed E-state index contributed by atoms with van der Waals surface area (Å²) in [5.41, 5.74) is 0. The van der Waals surface area contributed by atoms with Gasteiger partial charge in [0.05, 0.1) is 6.61 Å². The molecule has 0 heterocycles. The lowest BCUT2D eigenvalue weighted by Crippen LogP contribution is -2.20. The van der Waals surface area contributed by atoms with E-state index in [9.17, 15) is 9.59 Å². The molecule has 0 aliphatic heterocycles. The molecule has 0 saturated carbocycles. The predicted molar refractivity (Wildman–Crippen MR) is 83.0 cm³/mol. The number of rotatable bonds is 10. The van der Waals surface area contributed by atoms with Gasteiger partial charge < -0.3 is 14.2 Å². The lowest BCUT2D eigenvalue weighted by Gasteiger charge is -2.06. The highest BCUT2D eigenvalue weighted by molar-refractivity contribution is 6.30. The number of halogens is 1. The van der Waals surface area contributed by atoms with Gasteiger partial charge in [0.25, 0.3) is 0 Å². The van der Waals surface area contributed by atoms with Crippen LogP contribution in [0.1, 0.15) is 32.6 Å². The van der Waals surface area contributed by atoms with Crippen LogP contribution in [0.5, 0.6) is 5.75 Å². The van der Waals surface area contributed by atoms with E-state index in [0.29, 0.717) is 17.4 Å². The third kappa shape index (κ3) is 8.64. The lowest BCUT2D eigenvalue weighted by atomic mass is 10.2. The van der Waals surface area contributed by atoms with Crippen LogP contribution in [0, 0.1) is 0 Å². The number of esters is 2. The molecule has 0 spiro atoms. The zero-order valence-corrected chi connectivity index (χ0v) is 13.4. The van der Waals surface area contributed by atoms with Gasteiger partial charge in [0.15, 0.2) is 0 Å². The Labute approximate surface area is 135 Å². The first-order chi connectivity index (χ1) is 10.6. The van der Waals surface area contributed by atoms with Gasteiger partial charge in [-0.15, -0.1) is 0 Å². The molecule has 1 aromatic rings. The molecule has 6 heteroatoms. The van der Waals surface area contributed by atoms with Crippen LogP contribution in [0.2, 0.25) is 5.02 Å². The van der Waals surface area contributed by atoms with Gasteiger partial charge in [-0.1, -0.05) is 37.8 Å². The van der Waals surface area contributed by atoms with Crippen molar-refractivity contribution in [1.29, 1.82) is 0 Å². The second-order valence-corrected chi connectivity index (χ2v) is 5.14. The summed E-state index contributed by atoms with van der Waals surface area (Å²) >= 11 is 5.72. The van der Waals surface area contributed by atoms with Crippen molar-refractivity contribution in [2.45, 2.75) is 32.6 Å². The van der Waals surface area contributed by atoms with Crippen LogP contribution >= 0.6 is 11.6 Å². The fourth-order valence-electron chi connectivity index (χ4n) is 1.64. The summed E-state index contributed by atoms with van der Waals surface area (Å²) in [7, 11) is 0. The van der Waals surface area contributed by atoms with Crippen molar-refractivity contribution in [2.24, 2.45) is 0 Å². The van der Waals surface area contributed by atoms with E-state index in [4.69, 9.17) is 25.8 Å². The van der Waals surface area contributed by atoms with Gasteiger partial charge in [-0.2, -0.15) is 0 Å². The van der Waals surface area contributed by atoms with E-state index in [1.165, 1.54) is 0 Å². The molecule has 0 aromatic heterocycles. The van der Waals surface area contributed by atoms with Crippen LogP contribution in [-0.4, -0.2) is 31.8 Å². The zero-order chi connectivity index (χ0) is 16.2. The van der Waals surface area contributed by atoms with E-state index in [1.54, 1.807) is 24.3 Å².